The molecule has 0 bridgehead atoms. The lowest BCUT2D eigenvalue weighted by Crippen LogP contribution is -2.42. The fraction of sp³-hybridized carbons (Fsp3) is 0.174. The van der Waals surface area contributed by atoms with E-state index in [1.165, 1.54) is 18.2 Å². The molecule has 0 saturated carbocycles. The van der Waals surface area contributed by atoms with Crippen molar-refractivity contribution in [3.8, 4) is 0 Å². The first-order valence-electron chi connectivity index (χ1n) is 9.52. The molecule has 1 amide bonds. The second kappa shape index (κ2) is 10.2. The van der Waals surface area contributed by atoms with Crippen molar-refractivity contribution in [2.24, 2.45) is 0 Å². The minimum absolute atomic E-state index is 0.214. The third-order valence-corrected chi connectivity index (χ3v) is 6.54. The standard InChI is InChI=1S/C23H22Cl2N2O3S/c1-31(29,30)27(20-12-13-21(24)22(25)14-20)17-23(28)26(15-18-8-4-2-5-9-18)16-19-10-6-3-7-11-19/h2-14H,15-17H2,1H3. The zero-order valence-corrected chi connectivity index (χ0v) is 19.2. The summed E-state index contributed by atoms with van der Waals surface area (Å²) >= 11 is 12.0. The molecule has 0 atom stereocenters. The lowest BCUT2D eigenvalue weighted by atomic mass is 10.1. The Balaban J connectivity index is 1.89. The SMILES string of the molecule is CS(=O)(=O)N(CC(=O)N(Cc1ccccc1)Cc1ccccc1)c1ccc(Cl)c(Cl)c1. The van der Waals surface area contributed by atoms with E-state index in [4.69, 9.17) is 23.2 Å². The van der Waals surface area contributed by atoms with Crippen LogP contribution in [-0.4, -0.2) is 32.0 Å². The summed E-state index contributed by atoms with van der Waals surface area (Å²) in [5.41, 5.74) is 2.18. The van der Waals surface area contributed by atoms with Gasteiger partial charge < -0.3 is 4.90 Å². The van der Waals surface area contributed by atoms with E-state index in [0.29, 0.717) is 18.1 Å². The molecule has 5 nitrogen and oxygen atoms in total. The van der Waals surface area contributed by atoms with E-state index in [1.54, 1.807) is 4.90 Å². The first-order chi connectivity index (χ1) is 14.7. The van der Waals surface area contributed by atoms with Crippen molar-refractivity contribution in [1.29, 1.82) is 0 Å². The molecule has 0 saturated heterocycles. The molecule has 0 unspecified atom stereocenters. The number of halogens is 2. The van der Waals surface area contributed by atoms with E-state index in [0.717, 1.165) is 21.7 Å². The minimum Gasteiger partial charge on any atom is -0.332 e. The zero-order chi connectivity index (χ0) is 22.4. The Kier molecular flexibility index (Phi) is 7.59. The second-order valence-corrected chi connectivity index (χ2v) is 9.81. The first kappa shape index (κ1) is 23.1. The van der Waals surface area contributed by atoms with E-state index in [-0.39, 0.29) is 23.2 Å². The topological polar surface area (TPSA) is 57.7 Å². The van der Waals surface area contributed by atoms with Crippen LogP contribution in [0.2, 0.25) is 10.0 Å². The average molecular weight is 477 g/mol. The van der Waals surface area contributed by atoms with E-state index in [9.17, 15) is 13.2 Å². The Morgan fingerprint density at radius 2 is 1.32 bits per heavy atom. The molecule has 3 rings (SSSR count). The van der Waals surface area contributed by atoms with Crippen LogP contribution in [0, 0.1) is 0 Å². The van der Waals surface area contributed by atoms with E-state index >= 15 is 0 Å². The number of sulfonamides is 1. The fourth-order valence-corrected chi connectivity index (χ4v) is 4.24. The number of hydrogen-bond donors (Lipinski definition) is 0. The van der Waals surface area contributed by atoms with Crippen molar-refractivity contribution in [3.05, 3.63) is 100 Å². The number of carbonyl (C=O) groups excluding carboxylic acids is 1. The summed E-state index contributed by atoms with van der Waals surface area (Å²) in [6, 6.07) is 23.6. The number of hydrogen-bond acceptors (Lipinski definition) is 3. The average Bonchev–Trinajstić information content (AvgIpc) is 2.74. The molecule has 0 aliphatic carbocycles. The van der Waals surface area contributed by atoms with Crippen molar-refractivity contribution >= 4 is 44.8 Å². The summed E-state index contributed by atoms with van der Waals surface area (Å²) in [5.74, 6) is -0.329. The van der Waals surface area contributed by atoms with Crippen molar-refractivity contribution < 1.29 is 13.2 Å². The van der Waals surface area contributed by atoms with Crippen LogP contribution in [0.4, 0.5) is 5.69 Å². The highest BCUT2D eigenvalue weighted by Gasteiger charge is 2.25. The highest BCUT2D eigenvalue weighted by Crippen LogP contribution is 2.28. The molecular formula is C23H22Cl2N2O3S. The molecule has 31 heavy (non-hydrogen) atoms. The van der Waals surface area contributed by atoms with Crippen molar-refractivity contribution in [1.82, 2.24) is 4.90 Å². The third kappa shape index (κ3) is 6.47. The van der Waals surface area contributed by atoms with Crippen LogP contribution < -0.4 is 4.31 Å². The predicted octanol–water partition coefficient (Wildman–Crippen LogP) is 4.99. The van der Waals surface area contributed by atoms with Crippen LogP contribution >= 0.6 is 23.2 Å². The highest BCUT2D eigenvalue weighted by atomic mass is 35.5. The molecule has 3 aromatic carbocycles. The summed E-state index contributed by atoms with van der Waals surface area (Å²) < 4.78 is 26.0. The molecular weight excluding hydrogens is 455 g/mol. The van der Waals surface area contributed by atoms with Crippen LogP contribution in [0.25, 0.3) is 0 Å². The summed E-state index contributed by atoms with van der Waals surface area (Å²) in [6.45, 7) is 0.359. The third-order valence-electron chi connectivity index (χ3n) is 4.66. The molecule has 0 aromatic heterocycles. The highest BCUT2D eigenvalue weighted by molar-refractivity contribution is 7.92. The van der Waals surface area contributed by atoms with Gasteiger partial charge in [0.1, 0.15) is 6.54 Å². The molecule has 0 N–H and O–H groups in total. The van der Waals surface area contributed by atoms with Gasteiger partial charge in [0, 0.05) is 13.1 Å². The predicted molar refractivity (Wildman–Crippen MR) is 126 cm³/mol. The number of carbonyl (C=O) groups is 1. The Morgan fingerprint density at radius 1 is 0.806 bits per heavy atom. The second-order valence-electron chi connectivity index (χ2n) is 7.09. The molecule has 0 fully saturated rings. The van der Waals surface area contributed by atoms with Crippen LogP contribution in [0.5, 0.6) is 0 Å². The molecule has 0 aliphatic heterocycles. The van der Waals surface area contributed by atoms with Gasteiger partial charge in [0.2, 0.25) is 15.9 Å². The van der Waals surface area contributed by atoms with Gasteiger partial charge in [-0.05, 0) is 29.3 Å². The Labute approximate surface area is 192 Å². The fourth-order valence-electron chi connectivity index (χ4n) is 3.10. The number of amides is 1. The molecule has 0 radical (unpaired) electrons. The molecule has 3 aromatic rings. The van der Waals surface area contributed by atoms with Gasteiger partial charge in [-0.2, -0.15) is 0 Å². The van der Waals surface area contributed by atoms with Crippen molar-refractivity contribution in [2.75, 3.05) is 17.1 Å². The number of nitrogens with zero attached hydrogens (tertiary/aromatic N) is 2. The minimum atomic E-state index is -3.74. The molecule has 162 valence electrons. The van der Waals surface area contributed by atoms with Crippen LogP contribution in [-0.2, 0) is 27.9 Å². The largest absolute Gasteiger partial charge is 0.332 e. The Bertz CT molecular complexity index is 1100. The van der Waals surface area contributed by atoms with Gasteiger partial charge in [0.15, 0.2) is 0 Å². The van der Waals surface area contributed by atoms with Gasteiger partial charge in [-0.1, -0.05) is 83.9 Å². The van der Waals surface area contributed by atoms with E-state index in [2.05, 4.69) is 0 Å². The molecule has 0 aliphatic rings. The maximum atomic E-state index is 13.3. The van der Waals surface area contributed by atoms with Gasteiger partial charge in [0.25, 0.3) is 0 Å². The first-order valence-corrected chi connectivity index (χ1v) is 12.1. The Morgan fingerprint density at radius 3 is 1.77 bits per heavy atom. The quantitative estimate of drug-likeness (QED) is 0.460. The van der Waals surface area contributed by atoms with Gasteiger partial charge in [0.05, 0.1) is 22.0 Å². The summed E-state index contributed by atoms with van der Waals surface area (Å²) in [4.78, 5) is 14.9. The van der Waals surface area contributed by atoms with Crippen LogP contribution in [0.3, 0.4) is 0 Å². The maximum Gasteiger partial charge on any atom is 0.243 e. The van der Waals surface area contributed by atoms with Gasteiger partial charge in [-0.15, -0.1) is 0 Å². The molecule has 0 spiro atoms. The summed E-state index contributed by atoms with van der Waals surface area (Å²) in [6.07, 6.45) is 1.06. The van der Waals surface area contributed by atoms with E-state index < -0.39 is 10.0 Å². The smallest absolute Gasteiger partial charge is 0.243 e. The van der Waals surface area contributed by atoms with Crippen molar-refractivity contribution in [3.63, 3.8) is 0 Å². The normalized spacial score (nSPS) is 11.2. The van der Waals surface area contributed by atoms with Crippen LogP contribution in [0.1, 0.15) is 11.1 Å². The van der Waals surface area contributed by atoms with Crippen molar-refractivity contribution in [2.45, 2.75) is 13.1 Å². The van der Waals surface area contributed by atoms with Crippen LogP contribution in [0.15, 0.2) is 78.9 Å². The molecule has 0 heterocycles. The van der Waals surface area contributed by atoms with E-state index in [1.807, 2.05) is 60.7 Å². The number of rotatable bonds is 8. The lowest BCUT2D eigenvalue weighted by molar-refractivity contribution is -0.130. The lowest BCUT2D eigenvalue weighted by Gasteiger charge is -2.28. The maximum absolute atomic E-state index is 13.3. The summed E-state index contributed by atoms with van der Waals surface area (Å²) in [7, 11) is -3.74. The Hall–Kier alpha value is -2.54. The van der Waals surface area contributed by atoms with Gasteiger partial charge >= 0.3 is 0 Å². The number of benzene rings is 3. The number of anilines is 1. The van der Waals surface area contributed by atoms with Gasteiger partial charge in [-0.3, -0.25) is 9.10 Å². The van der Waals surface area contributed by atoms with Gasteiger partial charge in [-0.25, -0.2) is 8.42 Å². The monoisotopic (exact) mass is 476 g/mol. The zero-order valence-electron chi connectivity index (χ0n) is 16.9. The summed E-state index contributed by atoms with van der Waals surface area (Å²) in [5, 5.41) is 0.519. The molecule has 8 heteroatoms.